The molecule has 0 N–H and O–H groups in total. The highest BCUT2D eigenvalue weighted by Crippen LogP contribution is 2.13. The van der Waals surface area contributed by atoms with Crippen LogP contribution in [0.3, 0.4) is 0 Å². The van der Waals surface area contributed by atoms with Crippen molar-refractivity contribution in [2.45, 2.75) is 0 Å². The van der Waals surface area contributed by atoms with Crippen molar-refractivity contribution in [2.75, 3.05) is 0 Å². The van der Waals surface area contributed by atoms with Gasteiger partial charge in [0.05, 0.1) is 0 Å². The lowest BCUT2D eigenvalue weighted by atomic mass is 10.2. The van der Waals surface area contributed by atoms with Crippen LogP contribution in [-0.4, -0.2) is 5.97 Å². The molecule has 2 aromatic rings. The second-order valence-electron chi connectivity index (χ2n) is 3.95. The highest BCUT2D eigenvalue weighted by molar-refractivity contribution is 5.90. The van der Waals surface area contributed by atoms with Crippen molar-refractivity contribution in [3.63, 3.8) is 0 Å². The minimum atomic E-state index is -0.433. The Bertz CT molecular complexity index is 583. The van der Waals surface area contributed by atoms with Gasteiger partial charge in [0.15, 0.2) is 0 Å². The van der Waals surface area contributed by atoms with E-state index in [1.807, 2.05) is 60.7 Å². The fourth-order valence-corrected chi connectivity index (χ4v) is 1.57. The topological polar surface area (TPSA) is 26.3 Å². The summed E-state index contributed by atoms with van der Waals surface area (Å²) in [6.07, 6.45) is 3.10. The van der Waals surface area contributed by atoms with Crippen molar-refractivity contribution in [2.24, 2.45) is 0 Å². The third-order valence-electron chi connectivity index (χ3n) is 2.53. The number of ether oxygens (including phenoxy) is 1. The molecular weight excluding hydrogens is 236 g/mol. The zero-order chi connectivity index (χ0) is 13.5. The van der Waals surface area contributed by atoms with Gasteiger partial charge in [-0.3, -0.25) is 0 Å². The largest absolute Gasteiger partial charge is 0.423 e. The Morgan fingerprint density at radius 1 is 0.947 bits per heavy atom. The lowest BCUT2D eigenvalue weighted by Crippen LogP contribution is -1.99. The SMILES string of the molecule is C=C(OC(=O)/C=C/c1ccccc1)c1ccccc1. The molecular formula is C17H14O2. The number of benzene rings is 2. The molecule has 0 heterocycles. The quantitative estimate of drug-likeness (QED) is 0.467. The predicted molar refractivity (Wildman–Crippen MR) is 77.0 cm³/mol. The summed E-state index contributed by atoms with van der Waals surface area (Å²) in [5.74, 6) is -0.0824. The summed E-state index contributed by atoms with van der Waals surface area (Å²) in [5, 5.41) is 0. The van der Waals surface area contributed by atoms with Crippen molar-refractivity contribution in [3.05, 3.63) is 84.4 Å². The summed E-state index contributed by atoms with van der Waals surface area (Å²) < 4.78 is 5.14. The summed E-state index contributed by atoms with van der Waals surface area (Å²) in [4.78, 5) is 11.6. The van der Waals surface area contributed by atoms with E-state index in [1.54, 1.807) is 6.08 Å². The van der Waals surface area contributed by atoms with Crippen LogP contribution in [0.4, 0.5) is 0 Å². The predicted octanol–water partition coefficient (Wildman–Crippen LogP) is 3.91. The highest BCUT2D eigenvalue weighted by Gasteiger charge is 2.03. The van der Waals surface area contributed by atoms with Crippen LogP contribution in [0, 0.1) is 0 Å². The van der Waals surface area contributed by atoms with Gasteiger partial charge in [0.1, 0.15) is 5.76 Å². The molecule has 2 nitrogen and oxygen atoms in total. The second-order valence-corrected chi connectivity index (χ2v) is 3.95. The first-order chi connectivity index (χ1) is 9.25. The summed E-state index contributed by atoms with van der Waals surface area (Å²) in [5.41, 5.74) is 1.74. The van der Waals surface area contributed by atoms with E-state index in [0.29, 0.717) is 5.76 Å². The van der Waals surface area contributed by atoms with Crippen molar-refractivity contribution in [1.29, 1.82) is 0 Å². The zero-order valence-corrected chi connectivity index (χ0v) is 10.5. The monoisotopic (exact) mass is 250 g/mol. The number of esters is 1. The number of hydrogen-bond donors (Lipinski definition) is 0. The van der Waals surface area contributed by atoms with Gasteiger partial charge in [0, 0.05) is 11.6 Å². The van der Waals surface area contributed by atoms with Crippen LogP contribution in [0.5, 0.6) is 0 Å². The van der Waals surface area contributed by atoms with Gasteiger partial charge in [-0.1, -0.05) is 67.2 Å². The van der Waals surface area contributed by atoms with Crippen LogP contribution in [0.25, 0.3) is 11.8 Å². The lowest BCUT2D eigenvalue weighted by Gasteiger charge is -2.04. The molecule has 0 saturated carbocycles. The van der Waals surface area contributed by atoms with E-state index in [1.165, 1.54) is 6.08 Å². The fraction of sp³-hybridized carbons (Fsp3) is 0. The van der Waals surface area contributed by atoms with E-state index in [4.69, 9.17) is 4.74 Å². The normalized spacial score (nSPS) is 10.3. The lowest BCUT2D eigenvalue weighted by molar-refractivity contribution is -0.131. The molecule has 19 heavy (non-hydrogen) atoms. The van der Waals surface area contributed by atoms with E-state index in [2.05, 4.69) is 6.58 Å². The number of carbonyl (C=O) groups excluding carboxylic acids is 1. The van der Waals surface area contributed by atoms with Gasteiger partial charge >= 0.3 is 5.97 Å². The maximum atomic E-state index is 11.6. The molecule has 0 aliphatic rings. The molecule has 0 aromatic heterocycles. The van der Waals surface area contributed by atoms with E-state index in [0.717, 1.165) is 11.1 Å². The van der Waals surface area contributed by atoms with Gasteiger partial charge in [-0.15, -0.1) is 0 Å². The van der Waals surface area contributed by atoms with E-state index in [9.17, 15) is 4.79 Å². The highest BCUT2D eigenvalue weighted by atomic mass is 16.5. The van der Waals surface area contributed by atoms with Crippen LogP contribution in [0.2, 0.25) is 0 Å². The van der Waals surface area contributed by atoms with Crippen LogP contribution in [0.15, 0.2) is 73.3 Å². The van der Waals surface area contributed by atoms with E-state index < -0.39 is 5.97 Å². The van der Waals surface area contributed by atoms with Gasteiger partial charge in [-0.2, -0.15) is 0 Å². The molecule has 0 unspecified atom stereocenters. The first-order valence-corrected chi connectivity index (χ1v) is 5.95. The van der Waals surface area contributed by atoms with Crippen LogP contribution in [-0.2, 0) is 9.53 Å². The maximum absolute atomic E-state index is 11.6. The molecule has 2 aromatic carbocycles. The number of rotatable bonds is 4. The van der Waals surface area contributed by atoms with Crippen LogP contribution >= 0.6 is 0 Å². The number of carbonyl (C=O) groups is 1. The van der Waals surface area contributed by atoms with Gasteiger partial charge in [-0.25, -0.2) is 4.79 Å². The molecule has 0 fully saturated rings. The molecule has 0 radical (unpaired) electrons. The molecule has 0 amide bonds. The smallest absolute Gasteiger partial charge is 0.336 e. The average molecular weight is 250 g/mol. The molecule has 94 valence electrons. The fourth-order valence-electron chi connectivity index (χ4n) is 1.57. The molecule has 0 saturated heterocycles. The zero-order valence-electron chi connectivity index (χ0n) is 10.5. The van der Waals surface area contributed by atoms with Crippen molar-refractivity contribution >= 4 is 17.8 Å². The standard InChI is InChI=1S/C17H14O2/c1-14(16-10-6-3-7-11-16)19-17(18)13-12-15-8-4-2-5-9-15/h2-13H,1H2/b13-12+. The van der Waals surface area contributed by atoms with Gasteiger partial charge in [0.2, 0.25) is 0 Å². The Kier molecular flexibility index (Phi) is 4.29. The molecule has 0 spiro atoms. The Morgan fingerprint density at radius 3 is 2.16 bits per heavy atom. The summed E-state index contributed by atoms with van der Waals surface area (Å²) in [6, 6.07) is 18.9. The molecule has 0 atom stereocenters. The number of hydrogen-bond acceptors (Lipinski definition) is 2. The molecule has 2 heteroatoms. The third kappa shape index (κ3) is 3.96. The van der Waals surface area contributed by atoms with Crippen molar-refractivity contribution < 1.29 is 9.53 Å². The first kappa shape index (κ1) is 12.8. The summed E-state index contributed by atoms with van der Waals surface area (Å²) in [7, 11) is 0. The second kappa shape index (κ2) is 6.36. The van der Waals surface area contributed by atoms with Gasteiger partial charge in [-0.05, 0) is 11.6 Å². The molecule has 0 aliphatic heterocycles. The maximum Gasteiger partial charge on any atom is 0.336 e. The van der Waals surface area contributed by atoms with Gasteiger partial charge in [0.25, 0.3) is 0 Å². The Labute approximate surface area is 112 Å². The third-order valence-corrected chi connectivity index (χ3v) is 2.53. The Hall–Kier alpha value is -2.61. The van der Waals surface area contributed by atoms with Crippen molar-refractivity contribution in [3.8, 4) is 0 Å². The summed E-state index contributed by atoms with van der Waals surface area (Å²) >= 11 is 0. The van der Waals surface area contributed by atoms with Gasteiger partial charge < -0.3 is 4.74 Å². The first-order valence-electron chi connectivity index (χ1n) is 5.95. The Morgan fingerprint density at radius 2 is 1.53 bits per heavy atom. The minimum Gasteiger partial charge on any atom is -0.423 e. The van der Waals surface area contributed by atoms with Crippen LogP contribution < -0.4 is 0 Å². The van der Waals surface area contributed by atoms with Crippen LogP contribution in [0.1, 0.15) is 11.1 Å². The van der Waals surface area contributed by atoms with E-state index in [-0.39, 0.29) is 0 Å². The molecule has 2 rings (SSSR count). The van der Waals surface area contributed by atoms with Crippen molar-refractivity contribution in [1.82, 2.24) is 0 Å². The van der Waals surface area contributed by atoms with E-state index >= 15 is 0 Å². The Balaban J connectivity index is 1.95. The summed E-state index contributed by atoms with van der Waals surface area (Å²) in [6.45, 7) is 3.74. The average Bonchev–Trinajstić information content (AvgIpc) is 2.47. The minimum absolute atomic E-state index is 0.350. The molecule has 0 bridgehead atoms. The molecule has 0 aliphatic carbocycles.